The zero-order valence-corrected chi connectivity index (χ0v) is 11.1. The van der Waals surface area contributed by atoms with Crippen molar-refractivity contribution in [2.45, 2.75) is 45.1 Å². The third kappa shape index (κ3) is 1.74. The monoisotopic (exact) mass is 268 g/mol. The zero-order chi connectivity index (χ0) is 11.2. The molecule has 1 aliphatic carbocycles. The van der Waals surface area contributed by atoms with Gasteiger partial charge in [-0.3, -0.25) is 0 Å². The summed E-state index contributed by atoms with van der Waals surface area (Å²) in [6.45, 7) is 6.12. The van der Waals surface area contributed by atoms with Gasteiger partial charge in [-0.15, -0.1) is 0 Å². The van der Waals surface area contributed by atoms with Gasteiger partial charge in [0, 0.05) is 9.89 Å². The van der Waals surface area contributed by atoms with Gasteiger partial charge in [0.05, 0.1) is 6.10 Å². The molecule has 1 saturated carbocycles. The van der Waals surface area contributed by atoms with Gasteiger partial charge in [-0.1, -0.05) is 28.1 Å². The molecule has 0 spiro atoms. The van der Waals surface area contributed by atoms with E-state index in [1.165, 1.54) is 21.2 Å². The van der Waals surface area contributed by atoms with E-state index in [-0.39, 0.29) is 11.5 Å². The average molecular weight is 269 g/mol. The Morgan fingerprint density at radius 3 is 2.07 bits per heavy atom. The van der Waals surface area contributed by atoms with Gasteiger partial charge in [-0.05, 0) is 50.3 Å². The maximum absolute atomic E-state index is 9.84. The van der Waals surface area contributed by atoms with Crippen LogP contribution in [0, 0.1) is 13.8 Å². The molecule has 0 saturated heterocycles. The number of hydrogen-bond acceptors (Lipinski definition) is 1. The minimum atomic E-state index is -0.238. The van der Waals surface area contributed by atoms with Crippen LogP contribution in [0.5, 0.6) is 0 Å². The Morgan fingerprint density at radius 1 is 1.27 bits per heavy atom. The Kier molecular flexibility index (Phi) is 2.68. The van der Waals surface area contributed by atoms with Crippen LogP contribution in [-0.2, 0) is 5.41 Å². The second-order valence-corrected chi connectivity index (χ2v) is 5.55. The van der Waals surface area contributed by atoms with Crippen molar-refractivity contribution < 1.29 is 5.11 Å². The molecule has 1 unspecified atom stereocenters. The predicted molar refractivity (Wildman–Crippen MR) is 66.2 cm³/mol. The lowest BCUT2D eigenvalue weighted by molar-refractivity contribution is 0.150. The van der Waals surface area contributed by atoms with Crippen molar-refractivity contribution in [3.8, 4) is 0 Å². The van der Waals surface area contributed by atoms with E-state index in [1.54, 1.807) is 0 Å². The number of rotatable bonds is 2. The highest BCUT2D eigenvalue weighted by Crippen LogP contribution is 2.51. The second kappa shape index (κ2) is 3.60. The molecule has 0 aromatic heterocycles. The van der Waals surface area contributed by atoms with E-state index < -0.39 is 0 Å². The van der Waals surface area contributed by atoms with Gasteiger partial charge in [-0.25, -0.2) is 0 Å². The van der Waals surface area contributed by atoms with E-state index in [2.05, 4.69) is 41.9 Å². The largest absolute Gasteiger partial charge is 0.392 e. The molecule has 1 N–H and O–H groups in total. The summed E-state index contributed by atoms with van der Waals surface area (Å²) in [7, 11) is 0. The van der Waals surface area contributed by atoms with Gasteiger partial charge in [0.25, 0.3) is 0 Å². The van der Waals surface area contributed by atoms with Gasteiger partial charge >= 0.3 is 0 Å². The van der Waals surface area contributed by atoms with Crippen molar-refractivity contribution in [3.05, 3.63) is 33.3 Å². The minimum absolute atomic E-state index is 0.0518. The third-order valence-corrected chi connectivity index (χ3v) is 4.85. The summed E-state index contributed by atoms with van der Waals surface area (Å²) >= 11 is 3.57. The molecule has 0 aliphatic heterocycles. The van der Waals surface area contributed by atoms with E-state index in [1.807, 2.05) is 6.92 Å². The smallest absolute Gasteiger partial charge is 0.0608 e. The highest BCUT2D eigenvalue weighted by atomic mass is 79.9. The molecule has 1 fully saturated rings. The molecule has 1 atom stereocenters. The van der Waals surface area contributed by atoms with E-state index in [9.17, 15) is 5.11 Å². The van der Waals surface area contributed by atoms with Crippen LogP contribution in [0.3, 0.4) is 0 Å². The second-order valence-electron chi connectivity index (χ2n) is 4.76. The molecule has 1 aromatic rings. The first kappa shape index (κ1) is 11.2. The molecule has 2 heteroatoms. The first-order chi connectivity index (χ1) is 6.97. The van der Waals surface area contributed by atoms with Crippen molar-refractivity contribution in [2.75, 3.05) is 0 Å². The van der Waals surface area contributed by atoms with Crippen LogP contribution >= 0.6 is 15.9 Å². The van der Waals surface area contributed by atoms with Gasteiger partial charge in [0.2, 0.25) is 0 Å². The number of aliphatic hydroxyl groups excluding tert-OH is 1. The van der Waals surface area contributed by atoms with Gasteiger partial charge in [-0.2, -0.15) is 0 Å². The minimum Gasteiger partial charge on any atom is -0.392 e. The van der Waals surface area contributed by atoms with Crippen LogP contribution in [0.4, 0.5) is 0 Å². The molecule has 2 rings (SSSR count). The van der Waals surface area contributed by atoms with Crippen molar-refractivity contribution >= 4 is 15.9 Å². The first-order valence-corrected chi connectivity index (χ1v) is 6.22. The van der Waals surface area contributed by atoms with Crippen LogP contribution < -0.4 is 0 Å². The van der Waals surface area contributed by atoms with Crippen molar-refractivity contribution in [1.29, 1.82) is 0 Å². The molecule has 0 radical (unpaired) electrons. The maximum atomic E-state index is 9.84. The summed E-state index contributed by atoms with van der Waals surface area (Å²) < 4.78 is 1.19. The normalized spacial score (nSPS) is 20.1. The number of aryl methyl sites for hydroxylation is 2. The van der Waals surface area contributed by atoms with Gasteiger partial charge in [0.1, 0.15) is 0 Å². The molecule has 1 aromatic carbocycles. The fourth-order valence-electron chi connectivity index (χ4n) is 2.32. The Bertz CT molecular complexity index is 369. The Hall–Kier alpha value is -0.340. The van der Waals surface area contributed by atoms with Crippen LogP contribution in [-0.4, -0.2) is 11.2 Å². The molecule has 1 nitrogen and oxygen atoms in total. The highest BCUT2D eigenvalue weighted by Gasteiger charge is 2.48. The van der Waals surface area contributed by atoms with E-state index in [0.717, 1.165) is 12.8 Å². The average Bonchev–Trinajstić information content (AvgIpc) is 2.93. The highest BCUT2D eigenvalue weighted by molar-refractivity contribution is 9.10. The molecule has 15 heavy (non-hydrogen) atoms. The quantitative estimate of drug-likeness (QED) is 0.871. The topological polar surface area (TPSA) is 20.2 Å². The lowest BCUT2D eigenvalue weighted by Gasteiger charge is -2.21. The summed E-state index contributed by atoms with van der Waals surface area (Å²) in [6, 6.07) is 4.41. The lowest BCUT2D eigenvalue weighted by Crippen LogP contribution is -2.22. The Balaban J connectivity index is 2.47. The molecular formula is C13H17BrO. The summed E-state index contributed by atoms with van der Waals surface area (Å²) in [5.41, 5.74) is 3.88. The Labute approximate surface area is 99.6 Å². The van der Waals surface area contributed by atoms with E-state index in [4.69, 9.17) is 0 Å². The van der Waals surface area contributed by atoms with Crippen LogP contribution in [0.1, 0.15) is 36.5 Å². The molecule has 0 bridgehead atoms. The number of halogens is 1. The van der Waals surface area contributed by atoms with Crippen molar-refractivity contribution in [1.82, 2.24) is 0 Å². The lowest BCUT2D eigenvalue weighted by atomic mass is 9.89. The first-order valence-electron chi connectivity index (χ1n) is 5.43. The van der Waals surface area contributed by atoms with E-state index >= 15 is 0 Å². The van der Waals surface area contributed by atoms with Crippen LogP contribution in [0.15, 0.2) is 16.6 Å². The molecule has 1 aliphatic rings. The SMILES string of the molecule is Cc1cc(C2(C(C)O)CC2)cc(C)c1Br. The van der Waals surface area contributed by atoms with Crippen molar-refractivity contribution in [3.63, 3.8) is 0 Å². The number of benzene rings is 1. The van der Waals surface area contributed by atoms with Crippen LogP contribution in [0.2, 0.25) is 0 Å². The predicted octanol–water partition coefficient (Wildman–Crippen LogP) is 3.48. The number of aliphatic hydroxyl groups is 1. The maximum Gasteiger partial charge on any atom is 0.0608 e. The van der Waals surface area contributed by atoms with Gasteiger partial charge in [0.15, 0.2) is 0 Å². The fraction of sp³-hybridized carbons (Fsp3) is 0.538. The van der Waals surface area contributed by atoms with E-state index in [0.29, 0.717) is 0 Å². The summed E-state index contributed by atoms with van der Waals surface area (Å²) in [4.78, 5) is 0. The fourth-order valence-corrected chi connectivity index (χ4v) is 2.54. The molecule has 0 amide bonds. The zero-order valence-electron chi connectivity index (χ0n) is 9.47. The number of hydrogen-bond donors (Lipinski definition) is 1. The standard InChI is InChI=1S/C13H17BrO/c1-8-6-11(7-9(2)12(8)14)13(4-5-13)10(3)15/h6-7,10,15H,4-5H2,1-3H3. The third-order valence-electron chi connectivity index (χ3n) is 3.60. The summed E-state index contributed by atoms with van der Waals surface area (Å²) in [5.74, 6) is 0. The van der Waals surface area contributed by atoms with Crippen molar-refractivity contribution in [2.24, 2.45) is 0 Å². The molecule has 0 heterocycles. The molecular weight excluding hydrogens is 252 g/mol. The Morgan fingerprint density at radius 2 is 1.73 bits per heavy atom. The van der Waals surface area contributed by atoms with Crippen LogP contribution in [0.25, 0.3) is 0 Å². The van der Waals surface area contributed by atoms with Gasteiger partial charge < -0.3 is 5.11 Å². The molecule has 82 valence electrons. The summed E-state index contributed by atoms with van der Waals surface area (Å²) in [6.07, 6.45) is 1.99. The summed E-state index contributed by atoms with van der Waals surface area (Å²) in [5, 5.41) is 9.84.